The largest absolute Gasteiger partial charge is 0.390 e. The molecule has 2 aliphatic heterocycles. The summed E-state index contributed by atoms with van der Waals surface area (Å²) >= 11 is 0. The van der Waals surface area contributed by atoms with Gasteiger partial charge in [-0.3, -0.25) is 9.69 Å². The number of carbonyl (C=O) groups excluding carboxylic acids is 1. The molecular weight excluding hydrogens is 318 g/mol. The van der Waals surface area contributed by atoms with Gasteiger partial charge in [-0.2, -0.15) is 0 Å². The van der Waals surface area contributed by atoms with Gasteiger partial charge in [0, 0.05) is 44.1 Å². The standard InChI is InChI=1S/C19H25N3O3/c1-20-7-6-16-15-4-2-3-5-17(15)22(18(16)19(20)24)13-14(23)12-21-8-10-25-11-9-21/h2-5,14,23H,6-13H2,1H3/t14-/m0/s1. The number of amides is 1. The lowest BCUT2D eigenvalue weighted by Crippen LogP contribution is -2.42. The summed E-state index contributed by atoms with van der Waals surface area (Å²) in [6.45, 7) is 4.93. The Kier molecular flexibility index (Phi) is 4.50. The Morgan fingerprint density at radius 2 is 1.92 bits per heavy atom. The van der Waals surface area contributed by atoms with Crippen LogP contribution < -0.4 is 0 Å². The van der Waals surface area contributed by atoms with Crippen molar-refractivity contribution >= 4 is 16.8 Å². The number of aliphatic hydroxyl groups excluding tert-OH is 1. The SMILES string of the molecule is CN1CCc2c(n(C[C@@H](O)CN3CCOCC3)c3ccccc23)C1=O. The van der Waals surface area contributed by atoms with E-state index >= 15 is 0 Å². The molecular formula is C19H25N3O3. The second-order valence-electron chi connectivity index (χ2n) is 7.00. The second-order valence-corrected chi connectivity index (χ2v) is 7.00. The van der Waals surface area contributed by atoms with Gasteiger partial charge in [-0.05, 0) is 18.1 Å². The maximum atomic E-state index is 12.8. The number of nitrogens with zero attached hydrogens (tertiary/aromatic N) is 3. The number of aromatic nitrogens is 1. The second kappa shape index (κ2) is 6.78. The topological polar surface area (TPSA) is 57.9 Å². The van der Waals surface area contributed by atoms with Crippen LogP contribution in [0.4, 0.5) is 0 Å². The van der Waals surface area contributed by atoms with Gasteiger partial charge in [0.15, 0.2) is 0 Å². The third kappa shape index (κ3) is 3.05. The first kappa shape index (κ1) is 16.6. The van der Waals surface area contributed by atoms with Crippen molar-refractivity contribution in [1.82, 2.24) is 14.4 Å². The monoisotopic (exact) mass is 343 g/mol. The average Bonchev–Trinajstić information content (AvgIpc) is 2.93. The number of rotatable bonds is 4. The van der Waals surface area contributed by atoms with Crippen molar-refractivity contribution in [2.45, 2.75) is 19.1 Å². The smallest absolute Gasteiger partial charge is 0.270 e. The van der Waals surface area contributed by atoms with Crippen molar-refractivity contribution in [1.29, 1.82) is 0 Å². The number of ether oxygens (including phenoxy) is 1. The van der Waals surface area contributed by atoms with Gasteiger partial charge < -0.3 is 19.3 Å². The molecule has 1 fully saturated rings. The molecule has 0 radical (unpaired) electrons. The molecule has 1 saturated heterocycles. The zero-order valence-corrected chi connectivity index (χ0v) is 14.6. The summed E-state index contributed by atoms with van der Waals surface area (Å²) in [7, 11) is 1.84. The van der Waals surface area contributed by atoms with Crippen LogP contribution >= 0.6 is 0 Å². The highest BCUT2D eigenvalue weighted by molar-refractivity contribution is 6.02. The highest BCUT2D eigenvalue weighted by Crippen LogP contribution is 2.30. The van der Waals surface area contributed by atoms with Crippen molar-refractivity contribution in [2.75, 3.05) is 46.4 Å². The van der Waals surface area contributed by atoms with E-state index < -0.39 is 6.10 Å². The summed E-state index contributed by atoms with van der Waals surface area (Å²) in [5, 5.41) is 11.8. The number of benzene rings is 1. The number of carbonyl (C=O) groups is 1. The van der Waals surface area contributed by atoms with Gasteiger partial charge >= 0.3 is 0 Å². The van der Waals surface area contributed by atoms with Crippen LogP contribution in [-0.2, 0) is 17.7 Å². The molecule has 6 nitrogen and oxygen atoms in total. The van der Waals surface area contributed by atoms with Crippen molar-refractivity contribution in [3.63, 3.8) is 0 Å². The van der Waals surface area contributed by atoms with E-state index in [-0.39, 0.29) is 5.91 Å². The van der Waals surface area contributed by atoms with Crippen LogP contribution in [0.25, 0.3) is 10.9 Å². The molecule has 6 heteroatoms. The molecule has 1 amide bonds. The Balaban J connectivity index is 1.65. The van der Waals surface area contributed by atoms with Crippen LogP contribution in [0.1, 0.15) is 16.1 Å². The van der Waals surface area contributed by atoms with E-state index in [1.54, 1.807) is 4.90 Å². The Labute approximate surface area is 147 Å². The molecule has 1 aromatic carbocycles. The average molecular weight is 343 g/mol. The third-order valence-corrected chi connectivity index (χ3v) is 5.29. The molecule has 0 spiro atoms. The summed E-state index contributed by atoms with van der Waals surface area (Å²) < 4.78 is 7.39. The fraction of sp³-hybridized carbons (Fsp3) is 0.526. The maximum Gasteiger partial charge on any atom is 0.270 e. The quantitative estimate of drug-likeness (QED) is 0.899. The van der Waals surface area contributed by atoms with Crippen LogP contribution in [0.5, 0.6) is 0 Å². The van der Waals surface area contributed by atoms with Crippen LogP contribution in [0.3, 0.4) is 0 Å². The molecule has 2 aliphatic rings. The highest BCUT2D eigenvalue weighted by Gasteiger charge is 2.29. The minimum Gasteiger partial charge on any atom is -0.390 e. The lowest BCUT2D eigenvalue weighted by molar-refractivity contribution is 0.0116. The van der Waals surface area contributed by atoms with Crippen LogP contribution in [-0.4, -0.2) is 77.9 Å². The minimum atomic E-state index is -0.516. The van der Waals surface area contributed by atoms with Gasteiger partial charge in [-0.1, -0.05) is 18.2 Å². The first-order valence-electron chi connectivity index (χ1n) is 8.99. The summed E-state index contributed by atoms with van der Waals surface area (Å²) in [5.74, 6) is 0.0519. The molecule has 1 atom stereocenters. The van der Waals surface area contributed by atoms with E-state index in [2.05, 4.69) is 11.0 Å². The fourth-order valence-electron chi connectivity index (χ4n) is 3.97. The van der Waals surface area contributed by atoms with Gasteiger partial charge in [0.05, 0.1) is 25.9 Å². The van der Waals surface area contributed by atoms with E-state index in [1.165, 1.54) is 0 Å². The highest BCUT2D eigenvalue weighted by atomic mass is 16.5. The summed E-state index contributed by atoms with van der Waals surface area (Å²) in [6, 6.07) is 8.13. The van der Waals surface area contributed by atoms with Crippen LogP contribution in [0.2, 0.25) is 0 Å². The van der Waals surface area contributed by atoms with Crippen LogP contribution in [0, 0.1) is 0 Å². The van der Waals surface area contributed by atoms with E-state index in [0.717, 1.165) is 61.4 Å². The third-order valence-electron chi connectivity index (χ3n) is 5.29. The molecule has 0 unspecified atom stereocenters. The normalized spacial score (nSPS) is 20.1. The number of aliphatic hydroxyl groups is 1. The van der Waals surface area contributed by atoms with Crippen LogP contribution in [0.15, 0.2) is 24.3 Å². The van der Waals surface area contributed by atoms with E-state index in [1.807, 2.05) is 29.8 Å². The van der Waals surface area contributed by atoms with Crippen molar-refractivity contribution in [3.05, 3.63) is 35.5 Å². The predicted octanol–water partition coefficient (Wildman–Crippen LogP) is 0.963. The molecule has 134 valence electrons. The van der Waals surface area contributed by atoms with Gasteiger partial charge in [-0.25, -0.2) is 0 Å². The Bertz CT molecular complexity index is 780. The summed E-state index contributed by atoms with van der Waals surface area (Å²) in [5.41, 5.74) is 2.91. The van der Waals surface area contributed by atoms with Crippen molar-refractivity contribution in [2.24, 2.45) is 0 Å². The predicted molar refractivity (Wildman–Crippen MR) is 95.9 cm³/mol. The minimum absolute atomic E-state index is 0.0519. The summed E-state index contributed by atoms with van der Waals surface area (Å²) in [4.78, 5) is 16.8. The van der Waals surface area contributed by atoms with Gasteiger partial charge in [0.2, 0.25) is 0 Å². The Morgan fingerprint density at radius 1 is 1.16 bits per heavy atom. The molecule has 0 bridgehead atoms. The number of hydrogen-bond donors (Lipinski definition) is 1. The molecule has 25 heavy (non-hydrogen) atoms. The number of para-hydroxylation sites is 1. The molecule has 1 N–H and O–H groups in total. The molecule has 0 aliphatic carbocycles. The number of β-amino-alcohol motifs (C(OH)–C–C–N with tert-alkyl or cyclic N) is 1. The molecule has 4 rings (SSSR count). The fourth-order valence-corrected chi connectivity index (χ4v) is 3.97. The first-order valence-corrected chi connectivity index (χ1v) is 8.99. The van der Waals surface area contributed by atoms with Gasteiger partial charge in [-0.15, -0.1) is 0 Å². The van der Waals surface area contributed by atoms with E-state index in [0.29, 0.717) is 13.1 Å². The number of fused-ring (bicyclic) bond motifs is 3. The zero-order valence-electron chi connectivity index (χ0n) is 14.6. The number of hydrogen-bond acceptors (Lipinski definition) is 4. The Morgan fingerprint density at radius 3 is 2.72 bits per heavy atom. The molecule has 1 aromatic heterocycles. The van der Waals surface area contributed by atoms with E-state index in [9.17, 15) is 9.90 Å². The van der Waals surface area contributed by atoms with E-state index in [4.69, 9.17) is 4.74 Å². The number of morpholine rings is 1. The lowest BCUT2D eigenvalue weighted by Gasteiger charge is -2.29. The van der Waals surface area contributed by atoms with Gasteiger partial charge in [0.25, 0.3) is 5.91 Å². The van der Waals surface area contributed by atoms with Gasteiger partial charge in [0.1, 0.15) is 5.69 Å². The zero-order chi connectivity index (χ0) is 17.4. The summed E-state index contributed by atoms with van der Waals surface area (Å²) in [6.07, 6.45) is 0.350. The Hall–Kier alpha value is -1.89. The maximum absolute atomic E-state index is 12.8. The molecule has 2 aromatic rings. The number of likely N-dealkylation sites (N-methyl/N-ethyl adjacent to an activating group) is 1. The molecule has 3 heterocycles. The lowest BCUT2D eigenvalue weighted by atomic mass is 10.0. The van der Waals surface area contributed by atoms with Crippen molar-refractivity contribution in [3.8, 4) is 0 Å². The van der Waals surface area contributed by atoms with Crippen molar-refractivity contribution < 1.29 is 14.6 Å². The first-order chi connectivity index (χ1) is 12.1. The molecule has 0 saturated carbocycles.